The minimum Gasteiger partial charge on any atom is -0.336 e. The van der Waals surface area contributed by atoms with Crippen molar-refractivity contribution in [1.29, 1.82) is 0 Å². The number of hydrogen-bond donors (Lipinski definition) is 0. The van der Waals surface area contributed by atoms with Gasteiger partial charge in [0.25, 0.3) is 5.91 Å². The number of carbonyl (C=O) groups excluding carboxylic acids is 1. The summed E-state index contributed by atoms with van der Waals surface area (Å²) in [6, 6.07) is 7.79. The topological polar surface area (TPSA) is 63.9 Å². The molecule has 0 aromatic carbocycles. The van der Waals surface area contributed by atoms with Crippen LogP contribution in [0.3, 0.4) is 0 Å². The molecule has 0 aliphatic carbocycles. The molecule has 0 aliphatic rings. The fraction of sp³-hybridized carbons (Fsp3) is 0.333. The zero-order valence-electron chi connectivity index (χ0n) is 14.4. The van der Waals surface area contributed by atoms with Gasteiger partial charge in [0.05, 0.1) is 29.7 Å². The Morgan fingerprint density at radius 2 is 2.12 bits per heavy atom. The standard InChI is InChI=1S/C18H21N5O/c1-12(2)23-17-14(10-20-23)9-16(13(3)21-17)18(24)22(4)11-15-7-5-6-8-19-15/h5-10,12H,11H2,1-4H3. The number of nitrogens with zero attached hydrogens (tertiary/aromatic N) is 5. The van der Waals surface area contributed by atoms with Crippen LogP contribution in [0, 0.1) is 6.92 Å². The van der Waals surface area contributed by atoms with Crippen molar-refractivity contribution in [1.82, 2.24) is 24.6 Å². The van der Waals surface area contributed by atoms with Gasteiger partial charge in [0.15, 0.2) is 5.65 Å². The smallest absolute Gasteiger partial charge is 0.255 e. The molecule has 6 nitrogen and oxygen atoms in total. The molecule has 0 saturated carbocycles. The third-order valence-corrected chi connectivity index (χ3v) is 3.95. The molecule has 6 heteroatoms. The summed E-state index contributed by atoms with van der Waals surface area (Å²) in [5.41, 5.74) is 2.98. The Morgan fingerprint density at radius 3 is 2.79 bits per heavy atom. The third kappa shape index (κ3) is 2.99. The fourth-order valence-electron chi connectivity index (χ4n) is 2.67. The van der Waals surface area contributed by atoms with E-state index in [0.29, 0.717) is 17.8 Å². The first-order chi connectivity index (χ1) is 11.5. The highest BCUT2D eigenvalue weighted by Crippen LogP contribution is 2.20. The van der Waals surface area contributed by atoms with Crippen molar-refractivity contribution in [3.63, 3.8) is 0 Å². The molecule has 3 aromatic rings. The maximum absolute atomic E-state index is 12.8. The summed E-state index contributed by atoms with van der Waals surface area (Å²) in [5.74, 6) is -0.0650. The summed E-state index contributed by atoms with van der Waals surface area (Å²) in [7, 11) is 1.78. The summed E-state index contributed by atoms with van der Waals surface area (Å²) in [6.07, 6.45) is 3.49. The molecule has 0 bridgehead atoms. The van der Waals surface area contributed by atoms with Crippen LogP contribution >= 0.6 is 0 Å². The van der Waals surface area contributed by atoms with Gasteiger partial charge in [-0.2, -0.15) is 5.10 Å². The molecule has 1 amide bonds. The Morgan fingerprint density at radius 1 is 1.33 bits per heavy atom. The molecule has 0 unspecified atom stereocenters. The lowest BCUT2D eigenvalue weighted by Gasteiger charge is -2.18. The molecule has 3 heterocycles. The number of aryl methyl sites for hydroxylation is 1. The van der Waals surface area contributed by atoms with Gasteiger partial charge >= 0.3 is 0 Å². The van der Waals surface area contributed by atoms with E-state index in [9.17, 15) is 4.79 Å². The van der Waals surface area contributed by atoms with Gasteiger partial charge in [0.2, 0.25) is 0 Å². The van der Waals surface area contributed by atoms with E-state index in [1.165, 1.54) is 0 Å². The summed E-state index contributed by atoms with van der Waals surface area (Å²) in [5, 5.41) is 5.25. The number of aromatic nitrogens is 4. The molecule has 3 aromatic heterocycles. The highest BCUT2D eigenvalue weighted by atomic mass is 16.2. The number of hydrogen-bond acceptors (Lipinski definition) is 4. The summed E-state index contributed by atoms with van der Waals surface area (Å²) >= 11 is 0. The van der Waals surface area contributed by atoms with Crippen LogP contribution in [0.5, 0.6) is 0 Å². The zero-order valence-corrected chi connectivity index (χ0v) is 14.4. The van der Waals surface area contributed by atoms with E-state index in [1.807, 2.05) is 35.9 Å². The zero-order chi connectivity index (χ0) is 17.3. The lowest BCUT2D eigenvalue weighted by atomic mass is 10.1. The van der Waals surface area contributed by atoms with Crippen LogP contribution in [0.4, 0.5) is 0 Å². The minimum absolute atomic E-state index is 0.0650. The second kappa shape index (κ2) is 6.39. The Kier molecular flexibility index (Phi) is 4.29. The lowest BCUT2D eigenvalue weighted by Crippen LogP contribution is -2.27. The van der Waals surface area contributed by atoms with Crippen LogP contribution in [0.2, 0.25) is 0 Å². The quantitative estimate of drug-likeness (QED) is 0.740. The molecule has 0 saturated heterocycles. The van der Waals surface area contributed by atoms with Gasteiger partial charge in [-0.25, -0.2) is 9.67 Å². The van der Waals surface area contributed by atoms with Gasteiger partial charge in [-0.15, -0.1) is 0 Å². The third-order valence-electron chi connectivity index (χ3n) is 3.95. The van der Waals surface area contributed by atoms with Gasteiger partial charge in [-0.1, -0.05) is 6.07 Å². The van der Waals surface area contributed by atoms with Crippen LogP contribution in [-0.2, 0) is 6.54 Å². The van der Waals surface area contributed by atoms with Crippen molar-refractivity contribution < 1.29 is 4.79 Å². The first-order valence-electron chi connectivity index (χ1n) is 7.97. The fourth-order valence-corrected chi connectivity index (χ4v) is 2.67. The van der Waals surface area contributed by atoms with Gasteiger partial charge in [0, 0.05) is 24.7 Å². The Bertz CT molecular complexity index is 870. The maximum atomic E-state index is 12.8. The van der Waals surface area contributed by atoms with E-state index in [-0.39, 0.29) is 11.9 Å². The van der Waals surface area contributed by atoms with E-state index < -0.39 is 0 Å². The van der Waals surface area contributed by atoms with E-state index in [1.54, 1.807) is 24.3 Å². The molecule has 124 valence electrons. The van der Waals surface area contributed by atoms with Gasteiger partial charge in [0.1, 0.15) is 0 Å². The summed E-state index contributed by atoms with van der Waals surface area (Å²) in [4.78, 5) is 23.3. The Labute approximate surface area is 141 Å². The van der Waals surface area contributed by atoms with Gasteiger partial charge < -0.3 is 4.90 Å². The molecule has 3 rings (SSSR count). The Hall–Kier alpha value is -2.76. The second-order valence-corrected chi connectivity index (χ2v) is 6.20. The molecule has 0 spiro atoms. The molecule has 0 aliphatic heterocycles. The summed E-state index contributed by atoms with van der Waals surface area (Å²) in [6.45, 7) is 6.44. The van der Waals surface area contributed by atoms with Crippen molar-refractivity contribution in [2.45, 2.75) is 33.4 Å². The molecule has 0 N–H and O–H groups in total. The van der Waals surface area contributed by atoms with Crippen LogP contribution in [0.1, 0.15) is 41.6 Å². The highest BCUT2D eigenvalue weighted by Gasteiger charge is 2.18. The number of pyridine rings is 2. The monoisotopic (exact) mass is 323 g/mol. The lowest BCUT2D eigenvalue weighted by molar-refractivity contribution is 0.0782. The van der Waals surface area contributed by atoms with E-state index >= 15 is 0 Å². The predicted octanol–water partition coefficient (Wildman–Crippen LogP) is 2.99. The van der Waals surface area contributed by atoms with Crippen molar-refractivity contribution in [3.8, 4) is 0 Å². The molecular formula is C18H21N5O. The van der Waals surface area contributed by atoms with Crippen LogP contribution in [0.15, 0.2) is 36.7 Å². The maximum Gasteiger partial charge on any atom is 0.255 e. The normalized spacial score (nSPS) is 11.2. The van der Waals surface area contributed by atoms with E-state index in [2.05, 4.69) is 28.9 Å². The molecular weight excluding hydrogens is 302 g/mol. The predicted molar refractivity (Wildman–Crippen MR) is 92.7 cm³/mol. The van der Waals surface area contributed by atoms with Gasteiger partial charge in [-0.05, 0) is 39.0 Å². The van der Waals surface area contributed by atoms with Gasteiger partial charge in [-0.3, -0.25) is 9.78 Å². The number of fused-ring (bicyclic) bond motifs is 1. The molecule has 0 fully saturated rings. The SMILES string of the molecule is Cc1nc2c(cnn2C(C)C)cc1C(=O)N(C)Cc1ccccn1. The number of amides is 1. The van der Waals surface area contributed by atoms with Crippen molar-refractivity contribution in [3.05, 3.63) is 53.6 Å². The second-order valence-electron chi connectivity index (χ2n) is 6.20. The first kappa shape index (κ1) is 16.1. The van der Waals surface area contributed by atoms with Crippen molar-refractivity contribution >= 4 is 16.9 Å². The average molecular weight is 323 g/mol. The summed E-state index contributed by atoms with van der Waals surface area (Å²) < 4.78 is 1.87. The van der Waals surface area contributed by atoms with Crippen LogP contribution < -0.4 is 0 Å². The first-order valence-corrected chi connectivity index (χ1v) is 7.97. The number of rotatable bonds is 4. The molecule has 0 atom stereocenters. The van der Waals surface area contributed by atoms with Crippen LogP contribution in [-0.4, -0.2) is 37.6 Å². The minimum atomic E-state index is -0.0650. The average Bonchev–Trinajstić information content (AvgIpc) is 2.97. The highest BCUT2D eigenvalue weighted by molar-refractivity contribution is 5.98. The largest absolute Gasteiger partial charge is 0.336 e. The van der Waals surface area contributed by atoms with Crippen molar-refractivity contribution in [2.75, 3.05) is 7.05 Å². The van der Waals surface area contributed by atoms with Crippen LogP contribution in [0.25, 0.3) is 11.0 Å². The van der Waals surface area contributed by atoms with E-state index in [4.69, 9.17) is 0 Å². The Balaban J connectivity index is 1.91. The number of carbonyl (C=O) groups is 1. The van der Waals surface area contributed by atoms with E-state index in [0.717, 1.165) is 16.7 Å². The molecule has 0 radical (unpaired) electrons. The molecule has 24 heavy (non-hydrogen) atoms. The van der Waals surface area contributed by atoms with Crippen molar-refractivity contribution in [2.24, 2.45) is 0 Å².